The Kier molecular flexibility index (Phi) is 2.74. The fourth-order valence-electron chi connectivity index (χ4n) is 3.48. The molecule has 0 aliphatic rings. The van der Waals surface area contributed by atoms with Gasteiger partial charge in [-0.05, 0) is 12.1 Å². The van der Waals surface area contributed by atoms with E-state index in [1.54, 1.807) is 0 Å². The number of aromatic nitrogens is 2. The second kappa shape index (κ2) is 4.96. The van der Waals surface area contributed by atoms with Gasteiger partial charge in [0, 0.05) is 16.3 Å². The molecular formula is C21H13N3O. The van der Waals surface area contributed by atoms with Crippen LogP contribution >= 0.6 is 0 Å². The number of fused-ring (bicyclic) bond motifs is 4. The second-order valence-electron chi connectivity index (χ2n) is 6.01. The molecule has 0 saturated heterocycles. The van der Waals surface area contributed by atoms with Crippen LogP contribution in [0.15, 0.2) is 65.1 Å². The van der Waals surface area contributed by atoms with Gasteiger partial charge in [0.1, 0.15) is 11.2 Å². The molecule has 0 aliphatic carbocycles. The highest BCUT2D eigenvalue weighted by Crippen LogP contribution is 2.40. The quantitative estimate of drug-likeness (QED) is 0.324. The Morgan fingerprint density at radius 3 is 2.60 bits per heavy atom. The lowest BCUT2D eigenvalue weighted by Gasteiger charge is -2.05. The predicted octanol–water partition coefficient (Wildman–Crippen LogP) is 4.71. The topological polar surface area (TPSA) is 26.3 Å². The lowest BCUT2D eigenvalue weighted by Crippen LogP contribution is -2.26. The van der Waals surface area contributed by atoms with Crippen LogP contribution in [0.3, 0.4) is 0 Å². The van der Waals surface area contributed by atoms with E-state index in [4.69, 9.17) is 11.0 Å². The minimum absolute atomic E-state index is 0.603. The van der Waals surface area contributed by atoms with Crippen LogP contribution in [0.5, 0.6) is 0 Å². The van der Waals surface area contributed by atoms with Crippen LogP contribution in [-0.4, -0.2) is 4.57 Å². The molecule has 118 valence electrons. The van der Waals surface area contributed by atoms with Crippen molar-refractivity contribution >= 4 is 38.7 Å². The van der Waals surface area contributed by atoms with E-state index in [9.17, 15) is 0 Å². The van der Waals surface area contributed by atoms with Gasteiger partial charge in [-0.3, -0.25) is 0 Å². The molecule has 0 radical (unpaired) electrons. The summed E-state index contributed by atoms with van der Waals surface area (Å²) in [6.45, 7) is 7.78. The zero-order valence-corrected chi connectivity index (χ0v) is 13.5. The van der Waals surface area contributed by atoms with E-state index in [0.29, 0.717) is 5.69 Å². The molecule has 4 nitrogen and oxygen atoms in total. The molecule has 0 bridgehead atoms. The third-order valence-electron chi connectivity index (χ3n) is 4.55. The maximum absolute atomic E-state index is 7.78. The minimum Gasteiger partial charge on any atom is -0.458 e. The molecule has 0 saturated carbocycles. The Balaban J connectivity index is 2.00. The van der Waals surface area contributed by atoms with Gasteiger partial charge in [-0.1, -0.05) is 48.5 Å². The third kappa shape index (κ3) is 1.84. The maximum atomic E-state index is 7.78. The third-order valence-corrected chi connectivity index (χ3v) is 4.55. The van der Waals surface area contributed by atoms with Crippen molar-refractivity contribution in [2.45, 2.75) is 0 Å². The molecule has 0 amide bonds. The first kappa shape index (κ1) is 13.8. The van der Waals surface area contributed by atoms with Crippen molar-refractivity contribution in [1.82, 2.24) is 4.57 Å². The minimum atomic E-state index is 0.603. The number of imidazole rings is 1. The van der Waals surface area contributed by atoms with E-state index in [1.165, 1.54) is 0 Å². The summed E-state index contributed by atoms with van der Waals surface area (Å²) in [5.41, 5.74) is 4.89. The summed E-state index contributed by atoms with van der Waals surface area (Å²) < 4.78 is 9.88. The number of hydrogen-bond acceptors (Lipinski definition) is 1. The van der Waals surface area contributed by atoms with Crippen molar-refractivity contribution < 1.29 is 8.98 Å². The molecule has 0 N–H and O–H groups in total. The summed E-state index contributed by atoms with van der Waals surface area (Å²) in [6, 6.07) is 19.9. The number of rotatable bonds is 1. The molecule has 5 rings (SSSR count). The van der Waals surface area contributed by atoms with E-state index in [2.05, 4.69) is 11.2 Å². The molecule has 3 aromatic carbocycles. The highest BCUT2D eigenvalue weighted by atomic mass is 16.3. The molecule has 4 heteroatoms. The smallest absolute Gasteiger partial charge is 0.243 e. The van der Waals surface area contributed by atoms with Crippen LogP contribution in [0.4, 0.5) is 5.69 Å². The first-order valence-electron chi connectivity index (χ1n) is 7.99. The zero-order valence-electron chi connectivity index (χ0n) is 13.5. The Labute approximate surface area is 144 Å². The first-order chi connectivity index (χ1) is 12.3. The van der Waals surface area contributed by atoms with E-state index >= 15 is 0 Å². The number of para-hydroxylation sites is 2. The van der Waals surface area contributed by atoms with Gasteiger partial charge in [0.25, 0.3) is 0 Å². The fraction of sp³-hybridized carbons (Fsp3) is 0.0476. The van der Waals surface area contributed by atoms with E-state index in [-0.39, 0.29) is 0 Å². The van der Waals surface area contributed by atoms with Crippen molar-refractivity contribution in [2.75, 3.05) is 0 Å². The molecule has 5 aromatic rings. The zero-order chi connectivity index (χ0) is 17.0. The van der Waals surface area contributed by atoms with Gasteiger partial charge < -0.3 is 13.6 Å². The van der Waals surface area contributed by atoms with Crippen LogP contribution in [0.1, 0.15) is 0 Å². The predicted molar refractivity (Wildman–Crippen MR) is 96.8 cm³/mol. The van der Waals surface area contributed by atoms with Crippen LogP contribution in [0.25, 0.3) is 43.5 Å². The summed E-state index contributed by atoms with van der Waals surface area (Å²) >= 11 is 0. The van der Waals surface area contributed by atoms with Crippen LogP contribution in [0, 0.1) is 12.9 Å². The lowest BCUT2D eigenvalue weighted by atomic mass is 10.1. The first-order valence-corrected chi connectivity index (χ1v) is 7.99. The van der Waals surface area contributed by atoms with Crippen molar-refractivity contribution in [1.29, 1.82) is 0 Å². The average Bonchev–Trinajstić information content (AvgIpc) is 3.19. The van der Waals surface area contributed by atoms with Gasteiger partial charge in [0.2, 0.25) is 6.33 Å². The van der Waals surface area contributed by atoms with Gasteiger partial charge in [0.05, 0.1) is 24.8 Å². The molecule has 2 aromatic heterocycles. The molecular weight excluding hydrogens is 310 g/mol. The monoisotopic (exact) mass is 323 g/mol. The van der Waals surface area contributed by atoms with E-state index < -0.39 is 0 Å². The number of furan rings is 1. The van der Waals surface area contributed by atoms with Gasteiger partial charge in [-0.15, -0.1) is 0 Å². The highest BCUT2D eigenvalue weighted by Gasteiger charge is 2.18. The Bertz CT molecular complexity index is 1300. The van der Waals surface area contributed by atoms with Crippen molar-refractivity contribution in [3.05, 3.63) is 78.4 Å². The standard InChI is InChI=1S/C21H13N3O/c1-22-20-19-15-10-6-7-11-17(15)25-18(19)12-16-21(20)23(2)13-24(16)14-8-4-3-5-9-14/h3-12H,2H3. The molecule has 2 heterocycles. The van der Waals surface area contributed by atoms with Crippen LogP contribution < -0.4 is 4.57 Å². The van der Waals surface area contributed by atoms with Gasteiger partial charge >= 0.3 is 0 Å². The van der Waals surface area contributed by atoms with Gasteiger partial charge in [-0.25, -0.2) is 4.85 Å². The number of hydrogen-bond donors (Lipinski definition) is 0. The molecule has 0 spiro atoms. The SMILES string of the molecule is [C-]#[N+]c1c2c(cc3c1[n+](C)[c-]n3-c1ccccc1)oc1ccccc12. The van der Waals surface area contributed by atoms with Crippen LogP contribution in [0.2, 0.25) is 0 Å². The Morgan fingerprint density at radius 2 is 1.80 bits per heavy atom. The van der Waals surface area contributed by atoms with E-state index in [1.807, 2.05) is 76.8 Å². The molecule has 0 atom stereocenters. The summed E-state index contributed by atoms with van der Waals surface area (Å²) in [7, 11) is 1.92. The summed E-state index contributed by atoms with van der Waals surface area (Å²) in [4.78, 5) is 3.85. The Hall–Kier alpha value is -3.58. The van der Waals surface area contributed by atoms with Crippen molar-refractivity contribution in [3.8, 4) is 5.69 Å². The molecule has 0 aliphatic heterocycles. The number of nitrogens with zero attached hydrogens (tertiary/aromatic N) is 3. The van der Waals surface area contributed by atoms with Gasteiger partial charge in [-0.2, -0.15) is 0 Å². The van der Waals surface area contributed by atoms with Gasteiger partial charge in [0.15, 0.2) is 5.69 Å². The number of aryl methyl sites for hydroxylation is 1. The summed E-state index contributed by atoms with van der Waals surface area (Å²) in [5, 5.41) is 1.84. The fourth-order valence-corrected chi connectivity index (χ4v) is 3.48. The Morgan fingerprint density at radius 1 is 1.04 bits per heavy atom. The highest BCUT2D eigenvalue weighted by molar-refractivity contribution is 6.18. The van der Waals surface area contributed by atoms with Crippen molar-refractivity contribution in [3.63, 3.8) is 0 Å². The lowest BCUT2D eigenvalue weighted by molar-refractivity contribution is -0.649. The van der Waals surface area contributed by atoms with E-state index in [0.717, 1.165) is 38.7 Å². The number of benzene rings is 3. The normalized spacial score (nSPS) is 11.4. The maximum Gasteiger partial charge on any atom is 0.243 e. The second-order valence-corrected chi connectivity index (χ2v) is 6.01. The summed E-state index contributed by atoms with van der Waals surface area (Å²) in [5.74, 6) is 0. The summed E-state index contributed by atoms with van der Waals surface area (Å²) in [6.07, 6.45) is 3.30. The molecule has 0 fully saturated rings. The largest absolute Gasteiger partial charge is 0.458 e. The van der Waals surface area contributed by atoms with Crippen LogP contribution in [-0.2, 0) is 7.05 Å². The average molecular weight is 323 g/mol. The molecule has 25 heavy (non-hydrogen) atoms. The molecule has 0 unspecified atom stereocenters. The van der Waals surface area contributed by atoms with Crippen molar-refractivity contribution in [2.24, 2.45) is 7.05 Å².